The first-order chi connectivity index (χ1) is 4.91. The van der Waals surface area contributed by atoms with Crippen LogP contribution >= 0.6 is 0 Å². The molecule has 0 aromatic carbocycles. The Hall–Kier alpha value is -0.780. The highest BCUT2D eigenvalue weighted by atomic mass is 13.8. The monoisotopic (exact) mass is 136 g/mol. The van der Waals surface area contributed by atoms with Gasteiger partial charge in [0.25, 0.3) is 0 Å². The summed E-state index contributed by atoms with van der Waals surface area (Å²) in [7, 11) is 0. The van der Waals surface area contributed by atoms with Gasteiger partial charge in [-0.1, -0.05) is 43.9 Å². The molecule has 0 saturated carbocycles. The van der Waals surface area contributed by atoms with E-state index in [0.29, 0.717) is 0 Å². The fraction of sp³-hybridized carbons (Fsp3) is 0.400. The average Bonchev–Trinajstić information content (AvgIpc) is 1.97. The summed E-state index contributed by atoms with van der Waals surface area (Å²) in [6, 6.07) is 0. The summed E-state index contributed by atoms with van der Waals surface area (Å²) >= 11 is 0. The van der Waals surface area contributed by atoms with E-state index in [2.05, 4.69) is 31.7 Å². The Morgan fingerprint density at radius 2 is 1.80 bits per heavy atom. The van der Waals surface area contributed by atoms with Gasteiger partial charge >= 0.3 is 0 Å². The predicted octanol–water partition coefficient (Wildman–Crippen LogP) is 3.48. The molecule has 0 heteroatoms. The van der Waals surface area contributed by atoms with Crippen LogP contribution in [-0.4, -0.2) is 0 Å². The van der Waals surface area contributed by atoms with Crippen LogP contribution in [0.1, 0.15) is 26.2 Å². The molecular formula is C10H16. The van der Waals surface area contributed by atoms with Crippen LogP contribution in [0.2, 0.25) is 0 Å². The second kappa shape index (κ2) is 8.22. The summed E-state index contributed by atoms with van der Waals surface area (Å²) in [5.41, 5.74) is 0. The molecule has 0 aromatic rings. The molecule has 10 heavy (non-hydrogen) atoms. The zero-order chi connectivity index (χ0) is 7.66. The number of hydrogen-bond acceptors (Lipinski definition) is 0. The van der Waals surface area contributed by atoms with E-state index in [9.17, 15) is 0 Å². The van der Waals surface area contributed by atoms with E-state index in [-0.39, 0.29) is 0 Å². The second-order valence-electron chi connectivity index (χ2n) is 2.12. The van der Waals surface area contributed by atoms with Crippen LogP contribution < -0.4 is 0 Å². The molecule has 0 aromatic heterocycles. The third kappa shape index (κ3) is 7.22. The topological polar surface area (TPSA) is 0 Å². The van der Waals surface area contributed by atoms with Crippen molar-refractivity contribution in [1.82, 2.24) is 0 Å². The third-order valence-electron chi connectivity index (χ3n) is 1.17. The molecular weight excluding hydrogens is 120 g/mol. The Balaban J connectivity index is 3.11. The molecule has 0 nitrogen and oxygen atoms in total. The van der Waals surface area contributed by atoms with Gasteiger partial charge in [-0.05, 0) is 19.3 Å². The van der Waals surface area contributed by atoms with Crippen molar-refractivity contribution >= 4 is 0 Å². The number of allylic oxidation sites excluding steroid dienone is 5. The first-order valence-corrected chi connectivity index (χ1v) is 3.84. The summed E-state index contributed by atoms with van der Waals surface area (Å²) < 4.78 is 0. The lowest BCUT2D eigenvalue weighted by molar-refractivity contribution is 1.04. The molecule has 0 rings (SSSR count). The largest absolute Gasteiger partial charge is 0.0991 e. The molecule has 0 atom stereocenters. The van der Waals surface area contributed by atoms with E-state index in [1.165, 1.54) is 0 Å². The molecule has 0 heterocycles. The van der Waals surface area contributed by atoms with Crippen LogP contribution in [-0.2, 0) is 0 Å². The van der Waals surface area contributed by atoms with E-state index in [4.69, 9.17) is 0 Å². The van der Waals surface area contributed by atoms with E-state index in [0.717, 1.165) is 19.3 Å². The minimum atomic E-state index is 1.13. The normalized spacial score (nSPS) is 11.3. The molecule has 0 unspecified atom stereocenters. The maximum atomic E-state index is 3.59. The minimum Gasteiger partial charge on any atom is -0.0991 e. The molecule has 0 bridgehead atoms. The van der Waals surface area contributed by atoms with Crippen molar-refractivity contribution in [3.05, 3.63) is 37.0 Å². The Morgan fingerprint density at radius 3 is 2.40 bits per heavy atom. The third-order valence-corrected chi connectivity index (χ3v) is 1.17. The number of rotatable bonds is 5. The van der Waals surface area contributed by atoms with Crippen LogP contribution in [0.25, 0.3) is 0 Å². The Morgan fingerprint density at radius 1 is 1.10 bits per heavy atom. The van der Waals surface area contributed by atoms with E-state index < -0.39 is 0 Å². The molecule has 56 valence electrons. The van der Waals surface area contributed by atoms with Crippen molar-refractivity contribution in [3.8, 4) is 0 Å². The second-order valence-corrected chi connectivity index (χ2v) is 2.12. The zero-order valence-electron chi connectivity index (χ0n) is 6.72. The first-order valence-electron chi connectivity index (χ1n) is 3.84. The number of hydrogen-bond donors (Lipinski definition) is 0. The lowest BCUT2D eigenvalue weighted by Crippen LogP contribution is -1.63. The smallest absolute Gasteiger partial charge is 0.0313 e. The molecule has 0 amide bonds. The Labute approximate surface area is 64.0 Å². The Kier molecular flexibility index (Phi) is 7.58. The summed E-state index contributed by atoms with van der Waals surface area (Å²) in [6.45, 7) is 5.74. The lowest BCUT2D eigenvalue weighted by Gasteiger charge is -1.83. The summed E-state index contributed by atoms with van der Waals surface area (Å²) in [4.78, 5) is 0. The summed E-state index contributed by atoms with van der Waals surface area (Å²) in [5.74, 6) is 0. The minimum absolute atomic E-state index is 1.13. The van der Waals surface area contributed by atoms with Gasteiger partial charge in [0.2, 0.25) is 0 Å². The van der Waals surface area contributed by atoms with Gasteiger partial charge in [-0.15, -0.1) is 0 Å². The van der Waals surface area contributed by atoms with Crippen LogP contribution in [0, 0.1) is 0 Å². The van der Waals surface area contributed by atoms with E-state index in [1.54, 1.807) is 0 Å². The SMILES string of the molecule is C=CC=CCCC=CCC. The molecule has 0 spiro atoms. The highest BCUT2D eigenvalue weighted by Crippen LogP contribution is 1.93. The molecule has 0 aliphatic carbocycles. The maximum Gasteiger partial charge on any atom is -0.0313 e. The standard InChI is InChI=1S/C10H16/c1-3-5-7-9-10-8-6-4-2/h3,5-8H,1,4,9-10H2,2H3. The predicted molar refractivity (Wildman–Crippen MR) is 48.0 cm³/mol. The summed E-state index contributed by atoms with van der Waals surface area (Å²) in [5, 5.41) is 0. The highest BCUT2D eigenvalue weighted by molar-refractivity contribution is 4.98. The fourth-order valence-electron chi connectivity index (χ4n) is 0.669. The molecule has 0 fully saturated rings. The van der Waals surface area contributed by atoms with Crippen molar-refractivity contribution in [2.45, 2.75) is 26.2 Å². The van der Waals surface area contributed by atoms with Crippen molar-refractivity contribution < 1.29 is 0 Å². The van der Waals surface area contributed by atoms with Gasteiger partial charge in [0.1, 0.15) is 0 Å². The van der Waals surface area contributed by atoms with Gasteiger partial charge in [0.05, 0.1) is 0 Å². The van der Waals surface area contributed by atoms with Gasteiger partial charge < -0.3 is 0 Å². The molecule has 0 saturated heterocycles. The van der Waals surface area contributed by atoms with Crippen LogP contribution in [0.4, 0.5) is 0 Å². The quantitative estimate of drug-likeness (QED) is 0.308. The Bertz CT molecular complexity index is 118. The molecule has 0 radical (unpaired) electrons. The first kappa shape index (κ1) is 9.22. The van der Waals surface area contributed by atoms with Gasteiger partial charge in [0, 0.05) is 0 Å². The summed E-state index contributed by atoms with van der Waals surface area (Å²) in [6.07, 6.45) is 13.8. The van der Waals surface area contributed by atoms with E-state index in [1.807, 2.05) is 12.2 Å². The molecule has 0 N–H and O–H groups in total. The average molecular weight is 136 g/mol. The van der Waals surface area contributed by atoms with Crippen LogP contribution in [0.15, 0.2) is 37.0 Å². The highest BCUT2D eigenvalue weighted by Gasteiger charge is 1.73. The van der Waals surface area contributed by atoms with Gasteiger partial charge in [-0.25, -0.2) is 0 Å². The molecule has 0 aliphatic rings. The van der Waals surface area contributed by atoms with Gasteiger partial charge in [-0.2, -0.15) is 0 Å². The number of unbranched alkanes of at least 4 members (excludes halogenated alkanes) is 1. The van der Waals surface area contributed by atoms with Crippen molar-refractivity contribution in [2.75, 3.05) is 0 Å². The van der Waals surface area contributed by atoms with Crippen LogP contribution in [0.5, 0.6) is 0 Å². The van der Waals surface area contributed by atoms with Crippen molar-refractivity contribution in [1.29, 1.82) is 0 Å². The van der Waals surface area contributed by atoms with Gasteiger partial charge in [0.15, 0.2) is 0 Å². The van der Waals surface area contributed by atoms with Crippen molar-refractivity contribution in [3.63, 3.8) is 0 Å². The van der Waals surface area contributed by atoms with Crippen molar-refractivity contribution in [2.24, 2.45) is 0 Å². The van der Waals surface area contributed by atoms with Crippen LogP contribution in [0.3, 0.4) is 0 Å². The van der Waals surface area contributed by atoms with Gasteiger partial charge in [-0.3, -0.25) is 0 Å². The maximum absolute atomic E-state index is 3.59. The fourth-order valence-corrected chi connectivity index (χ4v) is 0.669. The molecule has 0 aliphatic heterocycles. The lowest BCUT2D eigenvalue weighted by atomic mass is 10.2. The zero-order valence-corrected chi connectivity index (χ0v) is 6.72. The van der Waals surface area contributed by atoms with E-state index >= 15 is 0 Å².